The first kappa shape index (κ1) is 19.9. The second-order valence-electron chi connectivity index (χ2n) is 7.16. The van der Waals surface area contributed by atoms with E-state index in [2.05, 4.69) is 0 Å². The van der Waals surface area contributed by atoms with Crippen molar-refractivity contribution in [1.82, 2.24) is 9.80 Å². The van der Waals surface area contributed by atoms with E-state index in [1.807, 2.05) is 74.3 Å². The van der Waals surface area contributed by atoms with Gasteiger partial charge in [-0.1, -0.05) is 29.8 Å². The first-order chi connectivity index (χ1) is 13.4. The van der Waals surface area contributed by atoms with Gasteiger partial charge in [0.2, 0.25) is 0 Å². The van der Waals surface area contributed by atoms with Crippen molar-refractivity contribution in [2.45, 2.75) is 33.4 Å². The fourth-order valence-electron chi connectivity index (χ4n) is 3.36. The lowest BCUT2D eigenvalue weighted by atomic mass is 10.2. The van der Waals surface area contributed by atoms with Crippen molar-refractivity contribution in [3.05, 3.63) is 59.7 Å². The Labute approximate surface area is 166 Å². The molecule has 1 heterocycles. The third-order valence-corrected chi connectivity index (χ3v) is 4.83. The molecule has 0 bridgehead atoms. The fourth-order valence-corrected chi connectivity index (χ4v) is 3.36. The van der Waals surface area contributed by atoms with Crippen LogP contribution in [-0.4, -0.2) is 48.1 Å². The minimum atomic E-state index is -0.505. The van der Waals surface area contributed by atoms with Gasteiger partial charge < -0.3 is 4.74 Å². The van der Waals surface area contributed by atoms with Crippen LogP contribution in [0.1, 0.15) is 25.0 Å². The summed E-state index contributed by atoms with van der Waals surface area (Å²) in [5.74, 6) is 0.658. The summed E-state index contributed by atoms with van der Waals surface area (Å²) in [5.41, 5.74) is 2.95. The van der Waals surface area contributed by atoms with Crippen molar-refractivity contribution >= 4 is 17.6 Å². The molecule has 1 fully saturated rings. The van der Waals surface area contributed by atoms with Gasteiger partial charge in [-0.3, -0.25) is 14.6 Å². The number of urea groups is 1. The Kier molecular flexibility index (Phi) is 5.99. The largest absolute Gasteiger partial charge is 0.494 e. The molecule has 0 aromatic heterocycles. The summed E-state index contributed by atoms with van der Waals surface area (Å²) >= 11 is 0. The number of ether oxygens (including phenoxy) is 1. The summed E-state index contributed by atoms with van der Waals surface area (Å²) < 4.78 is 5.46. The van der Waals surface area contributed by atoms with Gasteiger partial charge in [0.15, 0.2) is 0 Å². The number of carbonyl (C=O) groups is 2. The maximum Gasteiger partial charge on any atom is 0.333 e. The van der Waals surface area contributed by atoms with E-state index in [9.17, 15) is 9.59 Å². The summed E-state index contributed by atoms with van der Waals surface area (Å²) in [6.07, 6.45) is 0. The molecule has 0 spiro atoms. The lowest BCUT2D eigenvalue weighted by Crippen LogP contribution is -2.40. The Bertz CT molecular complexity index is 833. The number of rotatable bonds is 7. The Morgan fingerprint density at radius 2 is 1.68 bits per heavy atom. The smallest absolute Gasteiger partial charge is 0.333 e. The van der Waals surface area contributed by atoms with Crippen LogP contribution < -0.4 is 9.64 Å². The van der Waals surface area contributed by atoms with Gasteiger partial charge in [0.05, 0.1) is 13.3 Å². The van der Waals surface area contributed by atoms with Gasteiger partial charge in [-0.05, 0) is 57.6 Å². The van der Waals surface area contributed by atoms with E-state index in [0.717, 1.165) is 22.6 Å². The molecule has 6 nitrogen and oxygen atoms in total. The van der Waals surface area contributed by atoms with Crippen LogP contribution in [-0.2, 0) is 11.3 Å². The molecule has 6 heteroatoms. The fraction of sp³-hybridized carbons (Fsp3) is 0.364. The van der Waals surface area contributed by atoms with Gasteiger partial charge in [0, 0.05) is 12.2 Å². The van der Waals surface area contributed by atoms with Crippen LogP contribution in [0.25, 0.3) is 0 Å². The van der Waals surface area contributed by atoms with Gasteiger partial charge in [0.1, 0.15) is 11.8 Å². The van der Waals surface area contributed by atoms with Crippen molar-refractivity contribution in [2.75, 3.05) is 25.2 Å². The maximum atomic E-state index is 12.9. The Morgan fingerprint density at radius 3 is 2.29 bits per heavy atom. The average molecular weight is 381 g/mol. The van der Waals surface area contributed by atoms with Gasteiger partial charge in [-0.2, -0.15) is 0 Å². The summed E-state index contributed by atoms with van der Waals surface area (Å²) in [7, 11) is 1.90. The molecule has 0 unspecified atom stereocenters. The average Bonchev–Trinajstić information content (AvgIpc) is 2.88. The summed E-state index contributed by atoms with van der Waals surface area (Å²) in [4.78, 5) is 30.4. The number of hydrogen-bond acceptors (Lipinski definition) is 4. The van der Waals surface area contributed by atoms with Crippen LogP contribution >= 0.6 is 0 Å². The van der Waals surface area contributed by atoms with Gasteiger partial charge in [-0.25, -0.2) is 9.69 Å². The molecule has 0 saturated carbocycles. The number of anilines is 1. The predicted octanol–water partition coefficient (Wildman–Crippen LogP) is 3.64. The summed E-state index contributed by atoms with van der Waals surface area (Å²) in [6.45, 7) is 7.22. The number of aryl methyl sites for hydroxylation is 1. The molecule has 0 N–H and O–H groups in total. The van der Waals surface area contributed by atoms with Crippen molar-refractivity contribution in [2.24, 2.45) is 0 Å². The summed E-state index contributed by atoms with van der Waals surface area (Å²) in [5, 5.41) is 0. The molecule has 2 aromatic rings. The molecule has 3 rings (SSSR count). The predicted molar refractivity (Wildman–Crippen MR) is 109 cm³/mol. The number of benzene rings is 2. The molecule has 3 amide bonds. The molecule has 0 radical (unpaired) electrons. The first-order valence-electron chi connectivity index (χ1n) is 9.52. The Hall–Kier alpha value is -2.86. The first-order valence-corrected chi connectivity index (χ1v) is 9.52. The monoisotopic (exact) mass is 381 g/mol. The zero-order chi connectivity index (χ0) is 20.3. The van der Waals surface area contributed by atoms with Crippen LogP contribution in [0.15, 0.2) is 48.5 Å². The molecular weight excluding hydrogens is 354 g/mol. The molecule has 2 aromatic carbocycles. The third kappa shape index (κ3) is 4.17. The van der Waals surface area contributed by atoms with Crippen molar-refractivity contribution < 1.29 is 14.3 Å². The highest BCUT2D eigenvalue weighted by Gasteiger charge is 2.43. The molecule has 1 aliphatic rings. The van der Waals surface area contributed by atoms with E-state index < -0.39 is 6.04 Å². The van der Waals surface area contributed by atoms with Crippen LogP contribution in [0, 0.1) is 6.92 Å². The lowest BCUT2D eigenvalue weighted by Gasteiger charge is -2.23. The molecule has 1 aliphatic heterocycles. The molecule has 28 heavy (non-hydrogen) atoms. The van der Waals surface area contributed by atoms with Crippen molar-refractivity contribution in [3.63, 3.8) is 0 Å². The topological polar surface area (TPSA) is 53.1 Å². The number of imide groups is 1. The van der Waals surface area contributed by atoms with Crippen LogP contribution in [0.3, 0.4) is 0 Å². The van der Waals surface area contributed by atoms with Crippen molar-refractivity contribution in [1.29, 1.82) is 0 Å². The van der Waals surface area contributed by atoms with Crippen LogP contribution in [0.4, 0.5) is 10.5 Å². The van der Waals surface area contributed by atoms with E-state index in [1.165, 1.54) is 4.90 Å². The van der Waals surface area contributed by atoms with E-state index >= 15 is 0 Å². The second kappa shape index (κ2) is 8.44. The SMILES string of the molecule is CCOc1ccc(CN(C)CN2C(=O)[C@@H](C)N(c3ccc(C)cc3)C2=O)cc1. The van der Waals surface area contributed by atoms with Crippen molar-refractivity contribution in [3.8, 4) is 5.75 Å². The zero-order valence-corrected chi connectivity index (χ0v) is 16.9. The zero-order valence-electron chi connectivity index (χ0n) is 16.9. The number of hydrogen-bond donors (Lipinski definition) is 0. The molecule has 0 aliphatic carbocycles. The Morgan fingerprint density at radius 1 is 1.04 bits per heavy atom. The van der Waals surface area contributed by atoms with E-state index in [0.29, 0.717) is 13.2 Å². The van der Waals surface area contributed by atoms with E-state index in [-0.39, 0.29) is 18.6 Å². The molecule has 148 valence electrons. The van der Waals surface area contributed by atoms with Crippen LogP contribution in [0.2, 0.25) is 0 Å². The number of amides is 3. The van der Waals surface area contributed by atoms with Gasteiger partial charge in [0.25, 0.3) is 5.91 Å². The minimum Gasteiger partial charge on any atom is -0.494 e. The third-order valence-electron chi connectivity index (χ3n) is 4.83. The number of carbonyl (C=O) groups excluding carboxylic acids is 2. The summed E-state index contributed by atoms with van der Waals surface area (Å²) in [6, 6.07) is 14.7. The maximum absolute atomic E-state index is 12.9. The van der Waals surface area contributed by atoms with Gasteiger partial charge in [-0.15, -0.1) is 0 Å². The Balaban J connectivity index is 1.66. The lowest BCUT2D eigenvalue weighted by molar-refractivity contribution is -0.128. The minimum absolute atomic E-state index is 0.177. The number of nitrogens with zero attached hydrogens (tertiary/aromatic N) is 3. The molecule has 1 saturated heterocycles. The van der Waals surface area contributed by atoms with Gasteiger partial charge >= 0.3 is 6.03 Å². The highest BCUT2D eigenvalue weighted by molar-refractivity contribution is 6.14. The highest BCUT2D eigenvalue weighted by atomic mass is 16.5. The van der Waals surface area contributed by atoms with E-state index in [4.69, 9.17) is 4.74 Å². The van der Waals surface area contributed by atoms with E-state index in [1.54, 1.807) is 11.8 Å². The molecule has 1 atom stereocenters. The normalized spacial score (nSPS) is 17.0. The molecular formula is C22H27N3O3. The standard InChI is InChI=1S/C22H27N3O3/c1-5-28-20-12-8-18(9-13-20)14-23(4)15-24-21(26)17(3)25(22(24)27)19-10-6-16(2)7-11-19/h6-13,17H,5,14-15H2,1-4H3/t17-/m1/s1. The highest BCUT2D eigenvalue weighted by Crippen LogP contribution is 2.26. The second-order valence-corrected chi connectivity index (χ2v) is 7.16. The van der Waals surface area contributed by atoms with Crippen LogP contribution in [0.5, 0.6) is 5.75 Å². The quantitative estimate of drug-likeness (QED) is 0.687.